The van der Waals surface area contributed by atoms with Gasteiger partial charge in [-0.3, -0.25) is 0 Å². The lowest BCUT2D eigenvalue weighted by atomic mass is 9.89. The van der Waals surface area contributed by atoms with Crippen LogP contribution in [-0.2, 0) is 0 Å². The molecular weight excluding hydrogens is 302 g/mol. The first-order valence-electron chi connectivity index (χ1n) is 5.18. The molecule has 0 aliphatic carbocycles. The van der Waals surface area contributed by atoms with E-state index in [0.717, 1.165) is 21.7 Å². The molecule has 1 aromatic heterocycles. The van der Waals surface area contributed by atoms with E-state index >= 15 is 0 Å². The maximum Gasteiger partial charge on any atom is 0.144 e. The molecule has 0 aromatic carbocycles. The second-order valence-corrected chi connectivity index (χ2v) is 6.20. The number of halogens is 1. The van der Waals surface area contributed by atoms with E-state index < -0.39 is 0 Å². The summed E-state index contributed by atoms with van der Waals surface area (Å²) >= 11 is 5.10. The van der Waals surface area contributed by atoms with Crippen molar-refractivity contribution < 1.29 is 5.21 Å². The molecule has 1 aromatic rings. The Bertz CT molecular complexity index is 409. The molecule has 4 nitrogen and oxygen atoms in total. The van der Waals surface area contributed by atoms with Crippen LogP contribution in [0.25, 0.3) is 0 Å². The van der Waals surface area contributed by atoms with E-state index in [0.29, 0.717) is 0 Å². The topological polar surface area (TPSA) is 71.5 Å². The summed E-state index contributed by atoms with van der Waals surface area (Å²) in [5.41, 5.74) is 5.32. The predicted molar refractivity (Wildman–Crippen MR) is 74.5 cm³/mol. The van der Waals surface area contributed by atoms with Gasteiger partial charge in [-0.05, 0) is 34.5 Å². The third kappa shape index (κ3) is 4.20. The Labute approximate surface area is 114 Å². The summed E-state index contributed by atoms with van der Waals surface area (Å²) in [6.45, 7) is 3.91. The first-order chi connectivity index (χ1) is 7.97. The van der Waals surface area contributed by atoms with Crippen molar-refractivity contribution in [3.8, 4) is 0 Å². The largest absolute Gasteiger partial charge is 0.409 e. The monoisotopic (exact) mass is 317 g/mol. The van der Waals surface area contributed by atoms with Crippen molar-refractivity contribution in [1.82, 2.24) is 4.98 Å². The van der Waals surface area contributed by atoms with Gasteiger partial charge in [0.1, 0.15) is 10.9 Å². The molecule has 0 atom stereocenters. The minimum absolute atomic E-state index is 0.262. The highest BCUT2D eigenvalue weighted by molar-refractivity contribution is 9.10. The summed E-state index contributed by atoms with van der Waals surface area (Å²) in [6.07, 6.45) is 2.58. The minimum Gasteiger partial charge on any atom is -0.409 e. The fraction of sp³-hybridized carbons (Fsp3) is 0.455. The van der Waals surface area contributed by atoms with Gasteiger partial charge in [0.2, 0.25) is 0 Å². The van der Waals surface area contributed by atoms with E-state index in [1.807, 2.05) is 26.0 Å². The van der Waals surface area contributed by atoms with Crippen LogP contribution in [0.4, 0.5) is 0 Å². The lowest BCUT2D eigenvalue weighted by Gasteiger charge is -2.22. The Hall–Kier alpha value is -0.750. The summed E-state index contributed by atoms with van der Waals surface area (Å²) < 4.78 is 0.992. The predicted octanol–water partition coefficient (Wildman–Crippen LogP) is 3.10. The SMILES string of the molecule is CC(C)(CCSc1ncccc1Br)C(N)=NO. The number of hydrogen-bond acceptors (Lipinski definition) is 4. The zero-order valence-corrected chi connectivity index (χ0v) is 12.3. The van der Waals surface area contributed by atoms with E-state index in [1.54, 1.807) is 18.0 Å². The summed E-state index contributed by atoms with van der Waals surface area (Å²) in [4.78, 5) is 4.27. The average molecular weight is 318 g/mol. The van der Waals surface area contributed by atoms with E-state index in [2.05, 4.69) is 26.1 Å². The van der Waals surface area contributed by atoms with Crippen LogP contribution in [0.2, 0.25) is 0 Å². The van der Waals surface area contributed by atoms with Crippen LogP contribution in [0.5, 0.6) is 0 Å². The van der Waals surface area contributed by atoms with Crippen LogP contribution in [0.15, 0.2) is 33.0 Å². The van der Waals surface area contributed by atoms with Gasteiger partial charge in [-0.15, -0.1) is 11.8 Å². The number of pyridine rings is 1. The molecule has 6 heteroatoms. The number of rotatable bonds is 5. The standard InChI is InChI=1S/C11H16BrN3OS/c1-11(2,10(13)15-16)5-7-17-9-8(12)4-3-6-14-9/h3-4,6,16H,5,7H2,1-2H3,(H2,13,15). The van der Waals surface area contributed by atoms with Gasteiger partial charge in [0.25, 0.3) is 0 Å². The summed E-state index contributed by atoms with van der Waals surface area (Å²) in [5, 5.41) is 12.7. The molecule has 0 saturated heterocycles. The number of amidine groups is 1. The highest BCUT2D eigenvalue weighted by Gasteiger charge is 2.23. The zero-order valence-electron chi connectivity index (χ0n) is 9.85. The number of hydrogen-bond donors (Lipinski definition) is 2. The van der Waals surface area contributed by atoms with Crippen molar-refractivity contribution >= 4 is 33.5 Å². The van der Waals surface area contributed by atoms with Crippen molar-refractivity contribution in [3.63, 3.8) is 0 Å². The molecule has 0 aliphatic rings. The quantitative estimate of drug-likeness (QED) is 0.288. The molecule has 3 N–H and O–H groups in total. The Morgan fingerprint density at radius 2 is 2.35 bits per heavy atom. The Morgan fingerprint density at radius 1 is 1.65 bits per heavy atom. The molecule has 0 fully saturated rings. The van der Waals surface area contributed by atoms with Gasteiger partial charge in [-0.25, -0.2) is 4.98 Å². The maximum atomic E-state index is 8.67. The van der Waals surface area contributed by atoms with Gasteiger partial charge < -0.3 is 10.9 Å². The number of nitrogens with two attached hydrogens (primary N) is 1. The van der Waals surface area contributed by atoms with Crippen LogP contribution in [0, 0.1) is 5.41 Å². The molecule has 0 aliphatic heterocycles. The first-order valence-corrected chi connectivity index (χ1v) is 6.96. The van der Waals surface area contributed by atoms with Crippen LogP contribution in [0.3, 0.4) is 0 Å². The smallest absolute Gasteiger partial charge is 0.144 e. The van der Waals surface area contributed by atoms with Crippen molar-refractivity contribution in [3.05, 3.63) is 22.8 Å². The highest BCUT2D eigenvalue weighted by Crippen LogP contribution is 2.29. The van der Waals surface area contributed by atoms with Crippen LogP contribution >= 0.6 is 27.7 Å². The molecule has 0 unspecified atom stereocenters. The van der Waals surface area contributed by atoms with Gasteiger partial charge in [0, 0.05) is 21.8 Å². The fourth-order valence-electron chi connectivity index (χ4n) is 1.14. The molecule has 1 heterocycles. The molecule has 0 saturated carbocycles. The van der Waals surface area contributed by atoms with Crippen molar-refractivity contribution in [2.45, 2.75) is 25.3 Å². The first kappa shape index (κ1) is 14.3. The number of nitrogens with zero attached hydrogens (tertiary/aromatic N) is 2. The number of aromatic nitrogens is 1. The van der Waals surface area contributed by atoms with E-state index in [9.17, 15) is 0 Å². The normalized spacial score (nSPS) is 12.8. The summed E-state index contributed by atoms with van der Waals surface area (Å²) in [5.74, 6) is 1.12. The second kappa shape index (κ2) is 6.26. The number of oxime groups is 1. The van der Waals surface area contributed by atoms with Crippen LogP contribution in [-0.4, -0.2) is 21.8 Å². The zero-order chi connectivity index (χ0) is 12.9. The molecule has 0 spiro atoms. The van der Waals surface area contributed by atoms with Gasteiger partial charge in [-0.1, -0.05) is 19.0 Å². The Kier molecular flexibility index (Phi) is 5.27. The summed E-state index contributed by atoms with van der Waals surface area (Å²) in [6, 6.07) is 3.85. The molecule has 0 bridgehead atoms. The third-order valence-electron chi connectivity index (χ3n) is 2.49. The molecule has 17 heavy (non-hydrogen) atoms. The summed E-state index contributed by atoms with van der Waals surface area (Å²) in [7, 11) is 0. The molecule has 0 amide bonds. The van der Waals surface area contributed by atoms with Gasteiger partial charge in [0.15, 0.2) is 0 Å². The fourth-order valence-corrected chi connectivity index (χ4v) is 2.89. The third-order valence-corrected chi connectivity index (χ3v) is 4.40. The molecule has 94 valence electrons. The highest BCUT2D eigenvalue weighted by atomic mass is 79.9. The lowest BCUT2D eigenvalue weighted by molar-refractivity contribution is 0.307. The van der Waals surface area contributed by atoms with Gasteiger partial charge in [-0.2, -0.15) is 0 Å². The van der Waals surface area contributed by atoms with Crippen LogP contribution < -0.4 is 5.73 Å². The van der Waals surface area contributed by atoms with E-state index in [4.69, 9.17) is 10.9 Å². The van der Waals surface area contributed by atoms with Crippen LogP contribution in [0.1, 0.15) is 20.3 Å². The minimum atomic E-state index is -0.303. The maximum absolute atomic E-state index is 8.67. The molecule has 0 radical (unpaired) electrons. The van der Waals surface area contributed by atoms with E-state index in [-0.39, 0.29) is 11.3 Å². The van der Waals surface area contributed by atoms with E-state index in [1.165, 1.54) is 0 Å². The Balaban J connectivity index is 2.51. The van der Waals surface area contributed by atoms with Gasteiger partial charge in [0.05, 0.1) is 0 Å². The van der Waals surface area contributed by atoms with Crippen molar-refractivity contribution in [2.24, 2.45) is 16.3 Å². The molecule has 1 rings (SSSR count). The molecular formula is C11H16BrN3OS. The average Bonchev–Trinajstić information content (AvgIpc) is 2.30. The number of thioether (sulfide) groups is 1. The second-order valence-electron chi connectivity index (χ2n) is 4.26. The Morgan fingerprint density at radius 3 is 2.94 bits per heavy atom. The van der Waals surface area contributed by atoms with Gasteiger partial charge >= 0.3 is 0 Å². The van der Waals surface area contributed by atoms with Crippen molar-refractivity contribution in [2.75, 3.05) is 5.75 Å². The lowest BCUT2D eigenvalue weighted by Crippen LogP contribution is -2.32. The van der Waals surface area contributed by atoms with Crippen molar-refractivity contribution in [1.29, 1.82) is 0 Å².